The summed E-state index contributed by atoms with van der Waals surface area (Å²) < 4.78 is 6.51. The molecule has 1 atom stereocenters. The maximum atomic E-state index is 5.38. The number of anilines is 1. The molecule has 0 bridgehead atoms. The van der Waals surface area contributed by atoms with Crippen LogP contribution < -0.4 is 15.0 Å². The zero-order valence-electron chi connectivity index (χ0n) is 12.9. The summed E-state index contributed by atoms with van der Waals surface area (Å²) >= 11 is 3.69. The highest BCUT2D eigenvalue weighted by molar-refractivity contribution is 9.10. The molecular formula is C16H25BrN2O. The minimum atomic E-state index is 0.217. The number of hydrogen-bond donors (Lipinski definition) is 1. The summed E-state index contributed by atoms with van der Waals surface area (Å²) in [7, 11) is 1.72. The lowest BCUT2D eigenvalue weighted by atomic mass is 9.88. The van der Waals surface area contributed by atoms with Crippen LogP contribution in [0.5, 0.6) is 5.75 Å². The Balaban J connectivity index is 2.34. The Labute approximate surface area is 130 Å². The molecule has 1 unspecified atom stereocenters. The minimum absolute atomic E-state index is 0.217. The number of rotatable bonds is 4. The Morgan fingerprint density at radius 2 is 2.10 bits per heavy atom. The normalized spacial score (nSPS) is 21.9. The second-order valence-electron chi connectivity index (χ2n) is 5.66. The molecule has 112 valence electrons. The Kier molecular flexibility index (Phi) is 4.97. The summed E-state index contributed by atoms with van der Waals surface area (Å²) in [5.41, 5.74) is 1.44. The van der Waals surface area contributed by atoms with Crippen molar-refractivity contribution in [3.8, 4) is 5.75 Å². The predicted octanol–water partition coefficient (Wildman–Crippen LogP) is 3.81. The van der Waals surface area contributed by atoms with Crippen LogP contribution in [0, 0.1) is 0 Å². The lowest BCUT2D eigenvalue weighted by Crippen LogP contribution is -2.63. The Morgan fingerprint density at radius 3 is 2.70 bits per heavy atom. The number of nitrogens with zero attached hydrogens (tertiary/aromatic N) is 1. The van der Waals surface area contributed by atoms with Gasteiger partial charge in [-0.15, -0.1) is 0 Å². The first-order valence-corrected chi connectivity index (χ1v) is 8.19. The van der Waals surface area contributed by atoms with Crippen molar-refractivity contribution in [2.45, 2.75) is 45.2 Å². The SMILES string of the molecule is CCC1(CC)CN(c2cc(OC)ccc2Br)C(C)CN1. The van der Waals surface area contributed by atoms with E-state index in [1.807, 2.05) is 6.07 Å². The van der Waals surface area contributed by atoms with Crippen LogP contribution in [0.25, 0.3) is 0 Å². The van der Waals surface area contributed by atoms with Gasteiger partial charge >= 0.3 is 0 Å². The highest BCUT2D eigenvalue weighted by atomic mass is 79.9. The number of methoxy groups -OCH3 is 1. The summed E-state index contributed by atoms with van der Waals surface area (Å²) in [6.45, 7) is 8.86. The fourth-order valence-electron chi connectivity index (χ4n) is 2.90. The van der Waals surface area contributed by atoms with E-state index in [0.29, 0.717) is 6.04 Å². The van der Waals surface area contributed by atoms with Crippen LogP contribution in [-0.4, -0.2) is 31.8 Å². The van der Waals surface area contributed by atoms with Crippen LogP contribution in [0.2, 0.25) is 0 Å². The van der Waals surface area contributed by atoms with Crippen molar-refractivity contribution >= 4 is 21.6 Å². The van der Waals surface area contributed by atoms with E-state index >= 15 is 0 Å². The highest BCUT2D eigenvalue weighted by Gasteiger charge is 2.35. The topological polar surface area (TPSA) is 24.5 Å². The molecule has 0 aliphatic carbocycles. The number of nitrogens with one attached hydrogen (secondary N) is 1. The van der Waals surface area contributed by atoms with Gasteiger partial charge in [0, 0.05) is 35.2 Å². The van der Waals surface area contributed by atoms with E-state index in [1.54, 1.807) is 7.11 Å². The zero-order chi connectivity index (χ0) is 14.8. The molecule has 1 heterocycles. The highest BCUT2D eigenvalue weighted by Crippen LogP contribution is 2.35. The molecule has 0 aromatic heterocycles. The van der Waals surface area contributed by atoms with Gasteiger partial charge in [0.25, 0.3) is 0 Å². The third-order valence-electron chi connectivity index (χ3n) is 4.59. The summed E-state index contributed by atoms with van der Waals surface area (Å²) in [6.07, 6.45) is 2.29. The fraction of sp³-hybridized carbons (Fsp3) is 0.625. The third-order valence-corrected chi connectivity index (χ3v) is 5.26. The van der Waals surface area contributed by atoms with Crippen molar-refractivity contribution in [3.63, 3.8) is 0 Å². The van der Waals surface area contributed by atoms with Gasteiger partial charge in [-0.2, -0.15) is 0 Å². The molecule has 0 radical (unpaired) electrons. The molecule has 1 aliphatic rings. The third kappa shape index (κ3) is 2.96. The van der Waals surface area contributed by atoms with Gasteiger partial charge < -0.3 is 15.0 Å². The van der Waals surface area contributed by atoms with Crippen molar-refractivity contribution in [2.75, 3.05) is 25.1 Å². The van der Waals surface area contributed by atoms with Gasteiger partial charge in [0.05, 0.1) is 12.8 Å². The molecule has 2 rings (SSSR count). The fourth-order valence-corrected chi connectivity index (χ4v) is 3.37. The van der Waals surface area contributed by atoms with Gasteiger partial charge in [0.1, 0.15) is 5.75 Å². The van der Waals surface area contributed by atoms with Crippen molar-refractivity contribution in [1.82, 2.24) is 5.32 Å². The standard InChI is InChI=1S/C16H25BrN2O/c1-5-16(6-2)11-19(12(3)10-18-16)15-9-13(20-4)7-8-14(15)17/h7-9,12,18H,5-6,10-11H2,1-4H3. The predicted molar refractivity (Wildman–Crippen MR) is 88.8 cm³/mol. The molecule has 1 aromatic carbocycles. The molecule has 3 nitrogen and oxygen atoms in total. The van der Waals surface area contributed by atoms with E-state index in [9.17, 15) is 0 Å². The van der Waals surface area contributed by atoms with E-state index in [2.05, 4.69) is 59.1 Å². The number of ether oxygens (including phenoxy) is 1. The first-order chi connectivity index (χ1) is 9.55. The summed E-state index contributed by atoms with van der Waals surface area (Å²) in [6, 6.07) is 6.67. The van der Waals surface area contributed by atoms with Crippen LogP contribution in [0.3, 0.4) is 0 Å². The van der Waals surface area contributed by atoms with Gasteiger partial charge in [-0.1, -0.05) is 13.8 Å². The molecule has 4 heteroatoms. The molecule has 1 fully saturated rings. The maximum absolute atomic E-state index is 5.38. The van der Waals surface area contributed by atoms with Crippen molar-refractivity contribution in [3.05, 3.63) is 22.7 Å². The molecular weight excluding hydrogens is 316 g/mol. The van der Waals surface area contributed by atoms with Crippen LogP contribution in [0.4, 0.5) is 5.69 Å². The van der Waals surface area contributed by atoms with Crippen LogP contribution >= 0.6 is 15.9 Å². The van der Waals surface area contributed by atoms with Gasteiger partial charge in [-0.3, -0.25) is 0 Å². The molecule has 20 heavy (non-hydrogen) atoms. The van der Waals surface area contributed by atoms with Crippen molar-refractivity contribution in [2.24, 2.45) is 0 Å². The van der Waals surface area contributed by atoms with Crippen LogP contribution in [-0.2, 0) is 0 Å². The maximum Gasteiger partial charge on any atom is 0.121 e. The van der Waals surface area contributed by atoms with Crippen molar-refractivity contribution in [1.29, 1.82) is 0 Å². The zero-order valence-corrected chi connectivity index (χ0v) is 14.5. The summed E-state index contributed by atoms with van der Waals surface area (Å²) in [4.78, 5) is 2.50. The van der Waals surface area contributed by atoms with Gasteiger partial charge in [-0.25, -0.2) is 0 Å². The largest absolute Gasteiger partial charge is 0.497 e. The Morgan fingerprint density at radius 1 is 1.40 bits per heavy atom. The average Bonchev–Trinajstić information content (AvgIpc) is 2.49. The molecule has 1 N–H and O–H groups in total. The van der Waals surface area contributed by atoms with E-state index in [-0.39, 0.29) is 5.54 Å². The lowest BCUT2D eigenvalue weighted by molar-refractivity contribution is 0.253. The first-order valence-electron chi connectivity index (χ1n) is 7.40. The lowest BCUT2D eigenvalue weighted by Gasteiger charge is -2.48. The number of piperazine rings is 1. The second-order valence-corrected chi connectivity index (χ2v) is 6.52. The molecule has 1 aromatic rings. The first kappa shape index (κ1) is 15.6. The van der Waals surface area contributed by atoms with Crippen molar-refractivity contribution < 1.29 is 4.74 Å². The smallest absolute Gasteiger partial charge is 0.121 e. The molecule has 0 spiro atoms. The van der Waals surface area contributed by atoms with Gasteiger partial charge in [0.15, 0.2) is 0 Å². The van der Waals surface area contributed by atoms with E-state index in [1.165, 1.54) is 5.69 Å². The van der Waals surface area contributed by atoms with E-state index < -0.39 is 0 Å². The van der Waals surface area contributed by atoms with Crippen LogP contribution in [0.15, 0.2) is 22.7 Å². The summed E-state index contributed by atoms with van der Waals surface area (Å²) in [5, 5.41) is 3.74. The molecule has 1 saturated heterocycles. The number of hydrogen-bond acceptors (Lipinski definition) is 3. The quantitative estimate of drug-likeness (QED) is 0.901. The Bertz CT molecular complexity index is 460. The Hall–Kier alpha value is -0.740. The molecule has 0 amide bonds. The summed E-state index contributed by atoms with van der Waals surface area (Å²) in [5.74, 6) is 0.910. The van der Waals surface area contributed by atoms with Crippen LogP contribution in [0.1, 0.15) is 33.6 Å². The second kappa shape index (κ2) is 6.35. The average molecular weight is 341 g/mol. The monoisotopic (exact) mass is 340 g/mol. The molecule has 1 aliphatic heterocycles. The van der Waals surface area contributed by atoms with E-state index in [0.717, 1.165) is 36.2 Å². The number of benzene rings is 1. The molecule has 0 saturated carbocycles. The minimum Gasteiger partial charge on any atom is -0.497 e. The number of halogens is 1. The van der Waals surface area contributed by atoms with E-state index in [4.69, 9.17) is 4.74 Å². The van der Waals surface area contributed by atoms with Gasteiger partial charge in [0.2, 0.25) is 0 Å². The van der Waals surface area contributed by atoms with Gasteiger partial charge in [-0.05, 0) is 47.8 Å².